The largest absolute Gasteiger partial charge is 0.466 e. The van der Waals surface area contributed by atoms with Gasteiger partial charge in [0, 0.05) is 16.5 Å². The van der Waals surface area contributed by atoms with Gasteiger partial charge in [-0.3, -0.25) is 25.0 Å². The van der Waals surface area contributed by atoms with Crippen LogP contribution in [-0.4, -0.2) is 28.4 Å². The number of carbonyl (C=O) groups excluding carboxylic acids is 2. The molecule has 0 bridgehead atoms. The van der Waals surface area contributed by atoms with E-state index >= 15 is 0 Å². The molecule has 0 unspecified atom stereocenters. The maximum atomic E-state index is 12.2. The Morgan fingerprint density at radius 1 is 1.46 bits per heavy atom. The summed E-state index contributed by atoms with van der Waals surface area (Å²) in [7, 11) is 0. The molecule has 0 aliphatic rings. The van der Waals surface area contributed by atoms with E-state index in [0.717, 1.165) is 17.4 Å². The number of hydrogen-bond acceptors (Lipinski definition) is 7. The van der Waals surface area contributed by atoms with Gasteiger partial charge in [0.25, 0.3) is 11.6 Å². The Hall–Kier alpha value is -2.52. The fourth-order valence-electron chi connectivity index (χ4n) is 1.82. The molecule has 2 rings (SSSR count). The molecule has 24 heavy (non-hydrogen) atoms. The number of nitro groups is 1. The first-order chi connectivity index (χ1) is 11.4. The molecule has 8 nitrogen and oxygen atoms in total. The predicted molar refractivity (Wildman–Crippen MR) is 88.5 cm³/mol. The number of nitrogens with one attached hydrogen (secondary N) is 1. The molecule has 1 aromatic carbocycles. The van der Waals surface area contributed by atoms with Crippen molar-refractivity contribution in [1.29, 1.82) is 0 Å². The maximum Gasteiger partial charge on any atom is 0.311 e. The normalized spacial score (nSPS) is 10.2. The Labute approximate surface area is 145 Å². The summed E-state index contributed by atoms with van der Waals surface area (Å²) in [5.74, 6) is -1.11. The highest BCUT2D eigenvalue weighted by molar-refractivity contribution is 7.14. The molecule has 0 spiro atoms. The molecule has 1 aromatic heterocycles. The zero-order valence-corrected chi connectivity index (χ0v) is 14.0. The zero-order chi connectivity index (χ0) is 17.7. The average molecular weight is 370 g/mol. The quantitative estimate of drug-likeness (QED) is 0.475. The lowest BCUT2D eigenvalue weighted by Crippen LogP contribution is -2.14. The first-order valence-electron chi connectivity index (χ1n) is 6.76. The van der Waals surface area contributed by atoms with Crippen LogP contribution in [0, 0.1) is 10.1 Å². The molecule has 0 fully saturated rings. The summed E-state index contributed by atoms with van der Waals surface area (Å²) >= 11 is 6.82. The van der Waals surface area contributed by atoms with Crippen molar-refractivity contribution in [3.05, 3.63) is 50.0 Å². The van der Waals surface area contributed by atoms with Crippen LogP contribution in [0.4, 0.5) is 10.8 Å². The minimum Gasteiger partial charge on any atom is -0.466 e. The number of esters is 1. The van der Waals surface area contributed by atoms with Crippen molar-refractivity contribution < 1.29 is 19.2 Å². The number of thiazole rings is 1. The van der Waals surface area contributed by atoms with Gasteiger partial charge in [0.15, 0.2) is 5.13 Å². The van der Waals surface area contributed by atoms with E-state index in [1.807, 2.05) is 0 Å². The molecule has 126 valence electrons. The number of rotatable bonds is 6. The summed E-state index contributed by atoms with van der Waals surface area (Å²) in [5, 5.41) is 15.5. The number of nitro benzene ring substituents is 1. The van der Waals surface area contributed by atoms with Crippen molar-refractivity contribution in [3.63, 3.8) is 0 Å². The SMILES string of the molecule is CCOC(=O)Cc1csc(NC(=O)c2ccc(Cl)cc2[N+](=O)[O-])n1. The highest BCUT2D eigenvalue weighted by Gasteiger charge is 2.21. The van der Waals surface area contributed by atoms with Crippen LogP contribution in [0.5, 0.6) is 0 Å². The first kappa shape index (κ1) is 17.8. The lowest BCUT2D eigenvalue weighted by atomic mass is 10.1. The van der Waals surface area contributed by atoms with Crippen LogP contribution in [0.1, 0.15) is 23.0 Å². The molecule has 10 heteroatoms. The number of amides is 1. The molecule has 0 atom stereocenters. The summed E-state index contributed by atoms with van der Waals surface area (Å²) in [6.45, 7) is 1.97. The second kappa shape index (κ2) is 7.84. The third-order valence-corrected chi connectivity index (χ3v) is 3.85. The van der Waals surface area contributed by atoms with Crippen LogP contribution >= 0.6 is 22.9 Å². The molecule has 0 saturated heterocycles. The van der Waals surface area contributed by atoms with Gasteiger partial charge in [0.2, 0.25) is 0 Å². The van der Waals surface area contributed by atoms with Gasteiger partial charge in [-0.05, 0) is 19.1 Å². The van der Waals surface area contributed by atoms with Crippen LogP contribution in [0.3, 0.4) is 0 Å². The van der Waals surface area contributed by atoms with Crippen molar-refractivity contribution >= 4 is 45.6 Å². The van der Waals surface area contributed by atoms with Gasteiger partial charge >= 0.3 is 5.97 Å². The molecule has 2 aromatic rings. The molecule has 1 heterocycles. The van der Waals surface area contributed by atoms with E-state index in [0.29, 0.717) is 5.69 Å². The number of nitrogens with zero attached hydrogens (tertiary/aromatic N) is 2. The van der Waals surface area contributed by atoms with Crippen LogP contribution in [-0.2, 0) is 16.0 Å². The number of aromatic nitrogens is 1. The van der Waals surface area contributed by atoms with Crippen LogP contribution in [0.25, 0.3) is 0 Å². The Morgan fingerprint density at radius 3 is 2.88 bits per heavy atom. The fourth-order valence-corrected chi connectivity index (χ4v) is 2.69. The second-order valence-corrected chi connectivity index (χ2v) is 5.79. The molecule has 1 amide bonds. The van der Waals surface area contributed by atoms with Gasteiger partial charge < -0.3 is 4.74 Å². The van der Waals surface area contributed by atoms with Crippen molar-refractivity contribution in [3.8, 4) is 0 Å². The number of hydrogen-bond donors (Lipinski definition) is 1. The summed E-state index contributed by atoms with van der Waals surface area (Å²) in [5.41, 5.74) is -0.0887. The number of benzene rings is 1. The van der Waals surface area contributed by atoms with E-state index in [9.17, 15) is 19.7 Å². The van der Waals surface area contributed by atoms with Crippen LogP contribution < -0.4 is 5.32 Å². The molecule has 0 radical (unpaired) electrons. The number of halogens is 1. The van der Waals surface area contributed by atoms with Gasteiger partial charge in [-0.25, -0.2) is 4.98 Å². The predicted octanol–water partition coefficient (Wildman–Crippen LogP) is 3.06. The third-order valence-electron chi connectivity index (χ3n) is 2.80. The van der Waals surface area contributed by atoms with Crippen molar-refractivity contribution in [2.75, 3.05) is 11.9 Å². The molecular weight excluding hydrogens is 358 g/mol. The van der Waals surface area contributed by atoms with Crippen molar-refractivity contribution in [2.45, 2.75) is 13.3 Å². The molecule has 0 aliphatic heterocycles. The van der Waals surface area contributed by atoms with E-state index in [-0.39, 0.29) is 28.7 Å². The van der Waals surface area contributed by atoms with E-state index in [1.165, 1.54) is 12.1 Å². The van der Waals surface area contributed by atoms with Crippen molar-refractivity contribution in [2.24, 2.45) is 0 Å². The van der Waals surface area contributed by atoms with Gasteiger partial charge in [-0.2, -0.15) is 0 Å². The highest BCUT2D eigenvalue weighted by atomic mass is 35.5. The highest BCUT2D eigenvalue weighted by Crippen LogP contribution is 2.25. The Balaban J connectivity index is 2.12. The van der Waals surface area contributed by atoms with E-state index in [2.05, 4.69) is 10.3 Å². The molecule has 0 saturated carbocycles. The summed E-state index contributed by atoms with van der Waals surface area (Å²) in [6.07, 6.45) is -0.0126. The molecule has 0 aliphatic carbocycles. The van der Waals surface area contributed by atoms with Gasteiger partial charge in [0.05, 0.1) is 23.6 Å². The summed E-state index contributed by atoms with van der Waals surface area (Å²) in [4.78, 5) is 38.0. The number of anilines is 1. The monoisotopic (exact) mass is 369 g/mol. The Morgan fingerprint density at radius 2 is 2.21 bits per heavy atom. The van der Waals surface area contributed by atoms with E-state index in [1.54, 1.807) is 12.3 Å². The van der Waals surface area contributed by atoms with Gasteiger partial charge in [0.1, 0.15) is 5.56 Å². The first-order valence-corrected chi connectivity index (χ1v) is 8.01. The summed E-state index contributed by atoms with van der Waals surface area (Å²) in [6, 6.07) is 3.75. The molecule has 1 N–H and O–H groups in total. The van der Waals surface area contributed by atoms with Crippen LogP contribution in [0.15, 0.2) is 23.6 Å². The van der Waals surface area contributed by atoms with Gasteiger partial charge in [-0.1, -0.05) is 11.6 Å². The maximum absolute atomic E-state index is 12.2. The van der Waals surface area contributed by atoms with Crippen molar-refractivity contribution in [1.82, 2.24) is 4.98 Å². The number of ether oxygens (including phenoxy) is 1. The Kier molecular flexibility index (Phi) is 5.83. The van der Waals surface area contributed by atoms with E-state index < -0.39 is 22.5 Å². The fraction of sp³-hybridized carbons (Fsp3) is 0.214. The Bertz CT molecular complexity index is 792. The van der Waals surface area contributed by atoms with Crippen LogP contribution in [0.2, 0.25) is 5.02 Å². The summed E-state index contributed by atoms with van der Waals surface area (Å²) < 4.78 is 4.81. The smallest absolute Gasteiger partial charge is 0.311 e. The second-order valence-electron chi connectivity index (χ2n) is 4.50. The lowest BCUT2D eigenvalue weighted by Gasteiger charge is -2.03. The van der Waals surface area contributed by atoms with Gasteiger partial charge in [-0.15, -0.1) is 11.3 Å². The molecular formula is C14H12ClN3O5S. The number of carbonyl (C=O) groups is 2. The topological polar surface area (TPSA) is 111 Å². The average Bonchev–Trinajstić information content (AvgIpc) is 2.94. The standard InChI is InChI=1S/C14H12ClN3O5S/c1-2-23-12(19)6-9-7-24-14(16-9)17-13(20)10-4-3-8(15)5-11(10)18(21)22/h3-5,7H,2,6H2,1H3,(H,16,17,20). The minimum atomic E-state index is -0.686. The zero-order valence-electron chi connectivity index (χ0n) is 12.4. The third kappa shape index (κ3) is 4.49. The van der Waals surface area contributed by atoms with E-state index in [4.69, 9.17) is 16.3 Å². The lowest BCUT2D eigenvalue weighted by molar-refractivity contribution is -0.385. The minimum absolute atomic E-state index is 0.0126.